The van der Waals surface area contributed by atoms with Gasteiger partial charge in [-0.15, -0.1) is 10.2 Å². The van der Waals surface area contributed by atoms with E-state index in [2.05, 4.69) is 19.7 Å². The Morgan fingerprint density at radius 3 is 2.32 bits per heavy atom. The predicted octanol–water partition coefficient (Wildman–Crippen LogP) is 0.799. The SMILES string of the molecule is CS(=O)(=O)N1CCN(C(=O)CSc2nnc(N3CCCCC3)n2C2CC2)CC1. The second kappa shape index (κ2) is 8.19. The van der Waals surface area contributed by atoms with Crippen LogP contribution in [0.3, 0.4) is 0 Å². The Morgan fingerprint density at radius 1 is 1.04 bits per heavy atom. The van der Waals surface area contributed by atoms with Crippen LogP contribution >= 0.6 is 11.8 Å². The van der Waals surface area contributed by atoms with Gasteiger partial charge in [-0.25, -0.2) is 8.42 Å². The van der Waals surface area contributed by atoms with E-state index in [0.29, 0.717) is 38.0 Å². The fourth-order valence-electron chi connectivity index (χ4n) is 3.82. The van der Waals surface area contributed by atoms with Crippen molar-refractivity contribution < 1.29 is 13.2 Å². The number of aromatic nitrogens is 3. The predicted molar refractivity (Wildman–Crippen MR) is 108 cm³/mol. The molecule has 0 spiro atoms. The van der Waals surface area contributed by atoms with Crippen molar-refractivity contribution in [2.24, 2.45) is 0 Å². The maximum absolute atomic E-state index is 12.6. The van der Waals surface area contributed by atoms with E-state index in [1.807, 2.05) is 0 Å². The zero-order chi connectivity index (χ0) is 19.7. The first kappa shape index (κ1) is 20.0. The van der Waals surface area contributed by atoms with E-state index in [1.165, 1.54) is 41.6 Å². The second-order valence-electron chi connectivity index (χ2n) is 7.76. The standard InChI is InChI=1S/C17H28N6O3S2/c1-28(25,26)22-11-9-20(10-12-22)15(24)13-27-17-19-18-16(23(17)14-5-6-14)21-7-3-2-4-8-21/h14H,2-13H2,1H3. The van der Waals surface area contributed by atoms with Gasteiger partial charge in [0.25, 0.3) is 0 Å². The number of nitrogens with zero attached hydrogens (tertiary/aromatic N) is 6. The number of piperazine rings is 1. The zero-order valence-electron chi connectivity index (χ0n) is 16.3. The topological polar surface area (TPSA) is 91.6 Å². The van der Waals surface area contributed by atoms with Crippen LogP contribution in [0.2, 0.25) is 0 Å². The van der Waals surface area contributed by atoms with Gasteiger partial charge in [-0.1, -0.05) is 11.8 Å². The average molecular weight is 429 g/mol. The lowest BCUT2D eigenvalue weighted by molar-refractivity contribution is -0.129. The lowest BCUT2D eigenvalue weighted by Crippen LogP contribution is -2.50. The highest BCUT2D eigenvalue weighted by Gasteiger charge is 2.33. The van der Waals surface area contributed by atoms with Gasteiger partial charge >= 0.3 is 0 Å². The number of carbonyl (C=O) groups is 1. The van der Waals surface area contributed by atoms with E-state index >= 15 is 0 Å². The normalized spacial score (nSPS) is 21.9. The Labute approximate surface area is 170 Å². The summed E-state index contributed by atoms with van der Waals surface area (Å²) >= 11 is 1.45. The highest BCUT2D eigenvalue weighted by atomic mass is 32.2. The van der Waals surface area contributed by atoms with E-state index in [-0.39, 0.29) is 5.91 Å². The molecule has 28 heavy (non-hydrogen) atoms. The Morgan fingerprint density at radius 2 is 1.71 bits per heavy atom. The van der Waals surface area contributed by atoms with E-state index in [4.69, 9.17) is 0 Å². The quantitative estimate of drug-likeness (QED) is 0.619. The first-order valence-corrected chi connectivity index (χ1v) is 12.8. The Hall–Kier alpha value is -1.33. The fourth-order valence-corrected chi connectivity index (χ4v) is 5.55. The molecule has 0 unspecified atom stereocenters. The number of hydrogen-bond acceptors (Lipinski definition) is 7. The monoisotopic (exact) mass is 428 g/mol. The van der Waals surface area contributed by atoms with Gasteiger partial charge in [-0.3, -0.25) is 9.36 Å². The molecule has 1 amide bonds. The summed E-state index contributed by atoms with van der Waals surface area (Å²) in [7, 11) is -3.18. The lowest BCUT2D eigenvalue weighted by Gasteiger charge is -2.33. The lowest BCUT2D eigenvalue weighted by atomic mass is 10.1. The summed E-state index contributed by atoms with van der Waals surface area (Å²) in [6.45, 7) is 3.68. The molecule has 11 heteroatoms. The molecule has 1 saturated carbocycles. The van der Waals surface area contributed by atoms with Gasteiger partial charge in [0.2, 0.25) is 21.9 Å². The molecule has 1 aromatic rings. The smallest absolute Gasteiger partial charge is 0.233 e. The number of amides is 1. The molecule has 3 heterocycles. The zero-order valence-corrected chi connectivity index (χ0v) is 17.9. The summed E-state index contributed by atoms with van der Waals surface area (Å²) in [6.07, 6.45) is 7.17. The number of rotatable bonds is 6. The summed E-state index contributed by atoms with van der Waals surface area (Å²) in [5.41, 5.74) is 0. The van der Waals surface area contributed by atoms with Gasteiger partial charge in [0.05, 0.1) is 12.0 Å². The van der Waals surface area contributed by atoms with Crippen LogP contribution in [0.1, 0.15) is 38.1 Å². The first-order valence-electron chi connectivity index (χ1n) is 9.99. The molecule has 2 saturated heterocycles. The van der Waals surface area contributed by atoms with E-state index < -0.39 is 10.0 Å². The molecule has 1 aromatic heterocycles. The summed E-state index contributed by atoms with van der Waals surface area (Å²) in [5.74, 6) is 1.30. The summed E-state index contributed by atoms with van der Waals surface area (Å²) in [4.78, 5) is 16.7. The molecular formula is C17H28N6O3S2. The average Bonchev–Trinajstić information content (AvgIpc) is 3.45. The van der Waals surface area contributed by atoms with Crippen LogP contribution in [0.4, 0.5) is 5.95 Å². The molecule has 156 valence electrons. The fraction of sp³-hybridized carbons (Fsp3) is 0.824. The maximum atomic E-state index is 12.6. The van der Waals surface area contributed by atoms with E-state index in [9.17, 15) is 13.2 Å². The van der Waals surface area contributed by atoms with Crippen molar-refractivity contribution in [1.29, 1.82) is 0 Å². The number of sulfonamides is 1. The molecule has 0 radical (unpaired) electrons. The minimum absolute atomic E-state index is 0.0306. The highest BCUT2D eigenvalue weighted by molar-refractivity contribution is 7.99. The van der Waals surface area contributed by atoms with Crippen LogP contribution < -0.4 is 4.90 Å². The maximum Gasteiger partial charge on any atom is 0.233 e. The minimum atomic E-state index is -3.18. The summed E-state index contributed by atoms with van der Waals surface area (Å²) in [5, 5.41) is 9.66. The largest absolute Gasteiger partial charge is 0.341 e. The van der Waals surface area contributed by atoms with Crippen molar-refractivity contribution in [2.45, 2.75) is 43.3 Å². The number of hydrogen-bond donors (Lipinski definition) is 0. The van der Waals surface area contributed by atoms with Crippen molar-refractivity contribution in [1.82, 2.24) is 24.0 Å². The van der Waals surface area contributed by atoms with Crippen LogP contribution in [-0.2, 0) is 14.8 Å². The van der Waals surface area contributed by atoms with Crippen LogP contribution in [0.15, 0.2) is 5.16 Å². The molecule has 4 rings (SSSR count). The van der Waals surface area contributed by atoms with Crippen LogP contribution in [0.25, 0.3) is 0 Å². The Kier molecular flexibility index (Phi) is 5.84. The summed E-state index contributed by atoms with van der Waals surface area (Å²) in [6, 6.07) is 0.461. The molecule has 0 aromatic carbocycles. The van der Waals surface area contributed by atoms with Gasteiger partial charge in [0.1, 0.15) is 0 Å². The molecular weight excluding hydrogens is 400 g/mol. The number of carbonyl (C=O) groups excluding carboxylic acids is 1. The third-order valence-electron chi connectivity index (χ3n) is 5.58. The molecule has 9 nitrogen and oxygen atoms in total. The second-order valence-corrected chi connectivity index (χ2v) is 10.7. The first-order chi connectivity index (χ1) is 13.4. The van der Waals surface area contributed by atoms with Gasteiger partial charge in [-0.2, -0.15) is 4.31 Å². The molecule has 3 aliphatic rings. The van der Waals surface area contributed by atoms with Crippen LogP contribution in [0.5, 0.6) is 0 Å². The van der Waals surface area contributed by atoms with Crippen molar-refractivity contribution in [2.75, 3.05) is 56.2 Å². The van der Waals surface area contributed by atoms with Gasteiger partial charge < -0.3 is 9.80 Å². The molecule has 3 fully saturated rings. The molecule has 0 bridgehead atoms. The van der Waals surface area contributed by atoms with Gasteiger partial charge in [-0.05, 0) is 32.1 Å². The Balaban J connectivity index is 1.36. The Bertz CT molecular complexity index is 809. The molecule has 2 aliphatic heterocycles. The third kappa shape index (κ3) is 4.46. The van der Waals surface area contributed by atoms with Crippen LogP contribution in [-0.4, -0.2) is 89.6 Å². The molecule has 0 N–H and O–H groups in total. The van der Waals surface area contributed by atoms with Gasteiger partial charge in [0, 0.05) is 45.3 Å². The van der Waals surface area contributed by atoms with Crippen molar-refractivity contribution >= 4 is 33.6 Å². The van der Waals surface area contributed by atoms with Crippen molar-refractivity contribution in [3.63, 3.8) is 0 Å². The summed E-state index contributed by atoms with van der Waals surface area (Å²) < 4.78 is 26.9. The number of anilines is 1. The highest BCUT2D eigenvalue weighted by Crippen LogP contribution is 2.41. The number of piperidine rings is 1. The molecule has 1 aliphatic carbocycles. The molecule has 0 atom stereocenters. The van der Waals surface area contributed by atoms with Crippen molar-refractivity contribution in [3.8, 4) is 0 Å². The van der Waals surface area contributed by atoms with E-state index in [1.54, 1.807) is 4.90 Å². The third-order valence-corrected chi connectivity index (χ3v) is 7.81. The van der Waals surface area contributed by atoms with Crippen molar-refractivity contribution in [3.05, 3.63) is 0 Å². The van der Waals surface area contributed by atoms with Gasteiger partial charge in [0.15, 0.2) is 5.16 Å². The van der Waals surface area contributed by atoms with E-state index in [0.717, 1.165) is 37.0 Å². The number of thioether (sulfide) groups is 1. The van der Waals surface area contributed by atoms with Crippen LogP contribution in [0, 0.1) is 0 Å². The minimum Gasteiger partial charge on any atom is -0.341 e.